The summed E-state index contributed by atoms with van der Waals surface area (Å²) in [4.78, 5) is 3.86. The maximum Gasteiger partial charge on any atom is 0.243 e. The Morgan fingerprint density at radius 2 is 1.72 bits per heavy atom. The van der Waals surface area contributed by atoms with E-state index in [9.17, 15) is 8.42 Å². The summed E-state index contributed by atoms with van der Waals surface area (Å²) in [5.41, 5.74) is 5.67. The molecule has 1 aromatic heterocycles. The summed E-state index contributed by atoms with van der Waals surface area (Å²) in [5.74, 6) is 0. The average Bonchev–Trinajstić information content (AvgIpc) is 2.80. The van der Waals surface area contributed by atoms with E-state index in [-0.39, 0.29) is 0 Å². The summed E-state index contributed by atoms with van der Waals surface area (Å²) in [6.45, 7) is 4.97. The molecule has 0 saturated heterocycles. The fourth-order valence-electron chi connectivity index (χ4n) is 3.60. The molecule has 130 valence electrons. The average molecular weight is 354 g/mol. The van der Waals surface area contributed by atoms with Crippen LogP contribution in [0, 0.1) is 13.8 Å². The molecule has 0 unspecified atom stereocenters. The molecular weight excluding hydrogens is 332 g/mol. The van der Waals surface area contributed by atoms with Gasteiger partial charge in [0.15, 0.2) is 0 Å². The summed E-state index contributed by atoms with van der Waals surface area (Å²) >= 11 is 0. The van der Waals surface area contributed by atoms with Crippen molar-refractivity contribution >= 4 is 20.9 Å². The number of rotatable bonds is 2. The molecule has 0 saturated carbocycles. The van der Waals surface area contributed by atoms with E-state index in [1.54, 1.807) is 16.4 Å². The molecule has 0 radical (unpaired) electrons. The number of sulfonamides is 1. The Labute approximate surface area is 148 Å². The standard InChI is InChI=1S/C20H22N2O2S/c1-14-7-8-16(13-15(14)2)25(23,24)22-11-9-18-17-5-3-4-6-19(17)21-20(18)10-12-22/h3-8,13,21H,9-12H2,1-2H3. The Bertz CT molecular complexity index is 1050. The van der Waals surface area contributed by atoms with Gasteiger partial charge < -0.3 is 4.98 Å². The Kier molecular flexibility index (Phi) is 3.93. The van der Waals surface area contributed by atoms with Gasteiger partial charge in [0.25, 0.3) is 0 Å². The van der Waals surface area contributed by atoms with Gasteiger partial charge in [-0.15, -0.1) is 0 Å². The summed E-state index contributed by atoms with van der Waals surface area (Å²) in [6.07, 6.45) is 1.46. The Balaban J connectivity index is 1.65. The van der Waals surface area contributed by atoms with Crippen LogP contribution in [0.15, 0.2) is 47.4 Å². The predicted molar refractivity (Wildman–Crippen MR) is 100 cm³/mol. The van der Waals surface area contributed by atoms with Gasteiger partial charge in [0.2, 0.25) is 10.0 Å². The molecule has 2 aromatic carbocycles. The van der Waals surface area contributed by atoms with E-state index in [4.69, 9.17) is 0 Å². The number of nitrogens with one attached hydrogen (secondary N) is 1. The van der Waals surface area contributed by atoms with Gasteiger partial charge in [0.05, 0.1) is 4.90 Å². The van der Waals surface area contributed by atoms with Gasteiger partial charge in [0.1, 0.15) is 0 Å². The van der Waals surface area contributed by atoms with Gasteiger partial charge in [0, 0.05) is 36.1 Å². The first-order valence-corrected chi connectivity index (χ1v) is 10.1. The molecule has 0 atom stereocenters. The van der Waals surface area contributed by atoms with Crippen LogP contribution in [0.3, 0.4) is 0 Å². The molecule has 0 amide bonds. The van der Waals surface area contributed by atoms with E-state index in [1.807, 2.05) is 32.0 Å². The van der Waals surface area contributed by atoms with E-state index in [0.29, 0.717) is 24.4 Å². The van der Waals surface area contributed by atoms with Crippen LogP contribution in [-0.4, -0.2) is 30.8 Å². The van der Waals surface area contributed by atoms with Crippen molar-refractivity contribution in [1.29, 1.82) is 0 Å². The monoisotopic (exact) mass is 354 g/mol. The van der Waals surface area contributed by atoms with Crippen molar-refractivity contribution in [3.05, 3.63) is 64.8 Å². The van der Waals surface area contributed by atoms with Crippen molar-refractivity contribution < 1.29 is 8.42 Å². The number of para-hydroxylation sites is 1. The van der Waals surface area contributed by atoms with E-state index < -0.39 is 10.0 Å². The highest BCUT2D eigenvalue weighted by atomic mass is 32.2. The molecule has 2 heterocycles. The van der Waals surface area contributed by atoms with Crippen molar-refractivity contribution in [2.24, 2.45) is 0 Å². The molecule has 0 bridgehead atoms. The molecule has 0 fully saturated rings. The number of hydrogen-bond acceptors (Lipinski definition) is 2. The Hall–Kier alpha value is -2.11. The number of H-pyrrole nitrogens is 1. The molecule has 3 aromatic rings. The highest BCUT2D eigenvalue weighted by Crippen LogP contribution is 2.28. The maximum atomic E-state index is 13.1. The minimum absolute atomic E-state index is 0.394. The molecule has 1 aliphatic rings. The molecular formula is C20H22N2O2S. The predicted octanol–water partition coefficient (Wildman–Crippen LogP) is 3.57. The molecule has 0 spiro atoms. The number of aromatic nitrogens is 1. The SMILES string of the molecule is Cc1ccc(S(=O)(=O)N2CCc3[nH]c4ccccc4c3CC2)cc1C. The Morgan fingerprint density at radius 1 is 0.960 bits per heavy atom. The highest BCUT2D eigenvalue weighted by Gasteiger charge is 2.28. The van der Waals surface area contributed by atoms with E-state index in [0.717, 1.165) is 23.1 Å². The van der Waals surface area contributed by atoms with Crippen LogP contribution < -0.4 is 0 Å². The zero-order chi connectivity index (χ0) is 17.6. The third-order valence-electron chi connectivity index (χ3n) is 5.24. The lowest BCUT2D eigenvalue weighted by atomic mass is 10.1. The quantitative estimate of drug-likeness (QED) is 0.765. The van der Waals surface area contributed by atoms with Crippen molar-refractivity contribution in [3.8, 4) is 0 Å². The smallest absolute Gasteiger partial charge is 0.243 e. The van der Waals surface area contributed by atoms with Crippen LogP contribution in [0.4, 0.5) is 0 Å². The van der Waals surface area contributed by atoms with Gasteiger partial charge in [-0.25, -0.2) is 8.42 Å². The van der Waals surface area contributed by atoms with Gasteiger partial charge in [-0.05, 0) is 55.2 Å². The largest absolute Gasteiger partial charge is 0.358 e. The summed E-state index contributed by atoms with van der Waals surface area (Å²) in [7, 11) is -3.45. The second-order valence-corrected chi connectivity index (χ2v) is 8.72. The molecule has 4 rings (SSSR count). The fourth-order valence-corrected chi connectivity index (χ4v) is 5.13. The van der Waals surface area contributed by atoms with Crippen LogP contribution in [0.5, 0.6) is 0 Å². The second kappa shape index (κ2) is 6.00. The molecule has 5 heteroatoms. The first-order valence-electron chi connectivity index (χ1n) is 8.62. The lowest BCUT2D eigenvalue weighted by molar-refractivity contribution is 0.426. The topological polar surface area (TPSA) is 53.2 Å². The normalized spacial score (nSPS) is 15.9. The number of nitrogens with zero attached hydrogens (tertiary/aromatic N) is 1. The molecule has 1 N–H and O–H groups in total. The van der Waals surface area contributed by atoms with Gasteiger partial charge in [-0.2, -0.15) is 4.31 Å². The van der Waals surface area contributed by atoms with Crippen LogP contribution in [-0.2, 0) is 22.9 Å². The van der Waals surface area contributed by atoms with Crippen molar-refractivity contribution in [3.63, 3.8) is 0 Å². The Morgan fingerprint density at radius 3 is 2.52 bits per heavy atom. The van der Waals surface area contributed by atoms with E-state index in [1.165, 1.54) is 16.6 Å². The highest BCUT2D eigenvalue weighted by molar-refractivity contribution is 7.89. The van der Waals surface area contributed by atoms with Gasteiger partial charge >= 0.3 is 0 Å². The summed E-state index contributed by atoms with van der Waals surface area (Å²) in [6, 6.07) is 13.6. The van der Waals surface area contributed by atoms with Gasteiger partial charge in [-0.3, -0.25) is 0 Å². The van der Waals surface area contributed by atoms with Crippen molar-refractivity contribution in [2.75, 3.05) is 13.1 Å². The summed E-state index contributed by atoms with van der Waals surface area (Å²) in [5, 5.41) is 1.21. The molecule has 25 heavy (non-hydrogen) atoms. The van der Waals surface area contributed by atoms with Crippen LogP contribution >= 0.6 is 0 Å². The molecule has 1 aliphatic heterocycles. The molecule has 4 nitrogen and oxygen atoms in total. The first kappa shape index (κ1) is 16.4. The lowest BCUT2D eigenvalue weighted by Crippen LogP contribution is -2.33. The summed E-state index contributed by atoms with van der Waals surface area (Å²) < 4.78 is 27.7. The number of fused-ring (bicyclic) bond motifs is 3. The van der Waals surface area contributed by atoms with Crippen molar-refractivity contribution in [2.45, 2.75) is 31.6 Å². The van der Waals surface area contributed by atoms with Crippen LogP contribution in [0.1, 0.15) is 22.4 Å². The second-order valence-electron chi connectivity index (χ2n) is 6.78. The first-order chi connectivity index (χ1) is 12.0. The number of aromatic amines is 1. The lowest BCUT2D eigenvalue weighted by Gasteiger charge is -2.20. The zero-order valence-corrected chi connectivity index (χ0v) is 15.4. The number of aryl methyl sites for hydroxylation is 2. The third-order valence-corrected chi connectivity index (χ3v) is 7.14. The van der Waals surface area contributed by atoms with Gasteiger partial charge in [-0.1, -0.05) is 24.3 Å². The number of hydrogen-bond donors (Lipinski definition) is 1. The number of benzene rings is 2. The molecule has 0 aliphatic carbocycles. The van der Waals surface area contributed by atoms with E-state index in [2.05, 4.69) is 17.1 Å². The fraction of sp³-hybridized carbons (Fsp3) is 0.300. The van der Waals surface area contributed by atoms with E-state index >= 15 is 0 Å². The minimum Gasteiger partial charge on any atom is -0.358 e. The van der Waals surface area contributed by atoms with Crippen LogP contribution in [0.2, 0.25) is 0 Å². The minimum atomic E-state index is -3.45. The maximum absolute atomic E-state index is 13.1. The van der Waals surface area contributed by atoms with Crippen LogP contribution in [0.25, 0.3) is 10.9 Å². The third kappa shape index (κ3) is 2.77. The zero-order valence-electron chi connectivity index (χ0n) is 14.5. The van der Waals surface area contributed by atoms with Crippen molar-refractivity contribution in [1.82, 2.24) is 9.29 Å².